The molecule has 2 aromatic carbocycles. The van der Waals surface area contributed by atoms with Gasteiger partial charge in [-0.15, -0.1) is 0 Å². The predicted octanol–water partition coefficient (Wildman–Crippen LogP) is 3.04. The Kier molecular flexibility index (Phi) is 4.76. The highest BCUT2D eigenvalue weighted by Crippen LogP contribution is 2.22. The van der Waals surface area contributed by atoms with Crippen LogP contribution < -0.4 is 10.9 Å². The van der Waals surface area contributed by atoms with Gasteiger partial charge >= 0.3 is 0 Å². The topological polar surface area (TPSA) is 64.0 Å². The molecule has 24 heavy (non-hydrogen) atoms. The van der Waals surface area contributed by atoms with Crippen LogP contribution in [0, 0.1) is 0 Å². The van der Waals surface area contributed by atoms with Gasteiger partial charge < -0.3 is 5.32 Å². The normalized spacial score (nSPS) is 12.1. The van der Waals surface area contributed by atoms with Gasteiger partial charge in [0.2, 0.25) is 5.91 Å². The Morgan fingerprint density at radius 1 is 1.21 bits per heavy atom. The van der Waals surface area contributed by atoms with E-state index >= 15 is 0 Å². The zero-order valence-corrected chi connectivity index (χ0v) is 14.7. The molecular formula is C18H16BrN3O2. The first-order valence-corrected chi connectivity index (χ1v) is 8.34. The highest BCUT2D eigenvalue weighted by molar-refractivity contribution is 9.10. The maximum absolute atomic E-state index is 12.4. The van der Waals surface area contributed by atoms with E-state index in [-0.39, 0.29) is 24.1 Å². The third-order valence-electron chi connectivity index (χ3n) is 3.80. The standard InChI is InChI=1S/C18H16BrN3O2/c1-12(14-7-4-5-9-16(14)19)21-17(23)11-22-18(24)15-8-3-2-6-13(15)10-20-22/h2-10,12H,11H2,1H3,(H,21,23)/t12-/m0/s1. The third-order valence-corrected chi connectivity index (χ3v) is 4.53. The Morgan fingerprint density at radius 3 is 2.71 bits per heavy atom. The second-order valence-electron chi connectivity index (χ2n) is 5.51. The van der Waals surface area contributed by atoms with Gasteiger partial charge in [-0.1, -0.05) is 52.3 Å². The Hall–Kier alpha value is -2.47. The zero-order valence-electron chi connectivity index (χ0n) is 13.1. The van der Waals surface area contributed by atoms with E-state index in [1.165, 1.54) is 4.68 Å². The fraction of sp³-hybridized carbons (Fsp3) is 0.167. The fourth-order valence-corrected chi connectivity index (χ4v) is 3.20. The molecule has 0 aliphatic carbocycles. The molecule has 5 nitrogen and oxygen atoms in total. The lowest BCUT2D eigenvalue weighted by molar-refractivity contribution is -0.122. The van der Waals surface area contributed by atoms with Gasteiger partial charge in [0.1, 0.15) is 6.54 Å². The summed E-state index contributed by atoms with van der Waals surface area (Å²) in [4.78, 5) is 24.7. The molecule has 0 aliphatic rings. The summed E-state index contributed by atoms with van der Waals surface area (Å²) < 4.78 is 2.11. The second kappa shape index (κ2) is 6.97. The molecule has 1 aromatic heterocycles. The van der Waals surface area contributed by atoms with E-state index in [0.29, 0.717) is 5.39 Å². The van der Waals surface area contributed by atoms with Gasteiger partial charge in [0.05, 0.1) is 17.6 Å². The van der Waals surface area contributed by atoms with Gasteiger partial charge in [-0.05, 0) is 24.6 Å². The summed E-state index contributed by atoms with van der Waals surface area (Å²) in [5, 5.41) is 8.29. The van der Waals surface area contributed by atoms with Crippen LogP contribution >= 0.6 is 15.9 Å². The second-order valence-corrected chi connectivity index (χ2v) is 6.36. The van der Waals surface area contributed by atoms with E-state index in [1.54, 1.807) is 18.3 Å². The summed E-state index contributed by atoms with van der Waals surface area (Å²) in [7, 11) is 0. The van der Waals surface area contributed by atoms with E-state index in [0.717, 1.165) is 15.4 Å². The summed E-state index contributed by atoms with van der Waals surface area (Å²) in [5.74, 6) is -0.261. The fourth-order valence-electron chi connectivity index (χ4n) is 2.57. The first kappa shape index (κ1) is 16.4. The van der Waals surface area contributed by atoms with E-state index in [1.807, 2.05) is 43.3 Å². The minimum absolute atomic E-state index is 0.113. The third kappa shape index (κ3) is 3.38. The summed E-state index contributed by atoms with van der Waals surface area (Å²) in [6.07, 6.45) is 1.60. The molecule has 1 heterocycles. The van der Waals surface area contributed by atoms with Crippen LogP contribution in [-0.4, -0.2) is 15.7 Å². The SMILES string of the molecule is C[C@H](NC(=O)Cn1ncc2ccccc2c1=O)c1ccccc1Br. The van der Waals surface area contributed by atoms with Crippen LogP contribution in [0.2, 0.25) is 0 Å². The Morgan fingerprint density at radius 2 is 1.92 bits per heavy atom. The molecule has 122 valence electrons. The molecule has 6 heteroatoms. The smallest absolute Gasteiger partial charge is 0.275 e. The van der Waals surface area contributed by atoms with Crippen LogP contribution in [0.4, 0.5) is 0 Å². The molecule has 3 rings (SSSR count). The zero-order chi connectivity index (χ0) is 17.1. The molecule has 0 bridgehead atoms. The minimum Gasteiger partial charge on any atom is -0.348 e. The molecule has 1 amide bonds. The molecule has 1 N–H and O–H groups in total. The van der Waals surface area contributed by atoms with Crippen molar-refractivity contribution in [2.75, 3.05) is 0 Å². The Labute approximate surface area is 147 Å². The van der Waals surface area contributed by atoms with Gasteiger partial charge in [-0.3, -0.25) is 9.59 Å². The Balaban J connectivity index is 1.77. The lowest BCUT2D eigenvalue weighted by Gasteiger charge is -2.16. The molecule has 0 unspecified atom stereocenters. The van der Waals surface area contributed by atoms with Gasteiger partial charge in [-0.2, -0.15) is 5.10 Å². The molecule has 0 spiro atoms. The van der Waals surface area contributed by atoms with Crippen LogP contribution in [0.3, 0.4) is 0 Å². The number of benzene rings is 2. The predicted molar refractivity (Wildman–Crippen MR) is 96.7 cm³/mol. The molecule has 0 saturated carbocycles. The number of rotatable bonds is 4. The molecule has 0 saturated heterocycles. The van der Waals surface area contributed by atoms with Crippen molar-refractivity contribution in [1.29, 1.82) is 0 Å². The first-order chi connectivity index (χ1) is 11.6. The monoisotopic (exact) mass is 385 g/mol. The first-order valence-electron chi connectivity index (χ1n) is 7.55. The number of nitrogens with zero attached hydrogens (tertiary/aromatic N) is 2. The van der Waals surface area contributed by atoms with Crippen LogP contribution in [0.5, 0.6) is 0 Å². The molecule has 0 aliphatic heterocycles. The number of carbonyl (C=O) groups excluding carboxylic acids is 1. The van der Waals surface area contributed by atoms with Crippen molar-refractivity contribution < 1.29 is 4.79 Å². The van der Waals surface area contributed by atoms with Crippen molar-refractivity contribution in [3.05, 3.63) is 75.1 Å². The van der Waals surface area contributed by atoms with E-state index in [2.05, 4.69) is 26.3 Å². The summed E-state index contributed by atoms with van der Waals surface area (Å²) in [6, 6.07) is 14.7. The summed E-state index contributed by atoms with van der Waals surface area (Å²) in [5.41, 5.74) is 0.710. The van der Waals surface area contributed by atoms with Crippen molar-refractivity contribution in [2.24, 2.45) is 0 Å². The maximum atomic E-state index is 12.4. The maximum Gasteiger partial charge on any atom is 0.275 e. The molecule has 3 aromatic rings. The molecule has 0 fully saturated rings. The van der Waals surface area contributed by atoms with Gasteiger partial charge in [0.25, 0.3) is 5.56 Å². The average molecular weight is 386 g/mol. The largest absolute Gasteiger partial charge is 0.348 e. The number of carbonyl (C=O) groups is 1. The Bertz CT molecular complexity index is 952. The number of fused-ring (bicyclic) bond motifs is 1. The average Bonchev–Trinajstić information content (AvgIpc) is 2.58. The number of nitrogens with one attached hydrogen (secondary N) is 1. The van der Waals surface area contributed by atoms with Crippen molar-refractivity contribution in [3.63, 3.8) is 0 Å². The summed E-state index contributed by atoms with van der Waals surface area (Å²) in [6.45, 7) is 1.78. The summed E-state index contributed by atoms with van der Waals surface area (Å²) >= 11 is 3.47. The lowest BCUT2D eigenvalue weighted by Crippen LogP contribution is -2.35. The number of amides is 1. The van der Waals surface area contributed by atoms with Crippen molar-refractivity contribution in [2.45, 2.75) is 19.5 Å². The highest BCUT2D eigenvalue weighted by atomic mass is 79.9. The number of hydrogen-bond acceptors (Lipinski definition) is 3. The molecular weight excluding hydrogens is 370 g/mol. The van der Waals surface area contributed by atoms with Crippen molar-refractivity contribution in [3.8, 4) is 0 Å². The van der Waals surface area contributed by atoms with Crippen molar-refractivity contribution in [1.82, 2.24) is 15.1 Å². The minimum atomic E-state index is -0.267. The van der Waals surface area contributed by atoms with Crippen LogP contribution in [0.25, 0.3) is 10.8 Å². The lowest BCUT2D eigenvalue weighted by atomic mass is 10.1. The van der Waals surface area contributed by atoms with Gasteiger partial charge in [0, 0.05) is 9.86 Å². The van der Waals surface area contributed by atoms with Crippen LogP contribution in [0.15, 0.2) is 64.0 Å². The number of halogens is 1. The van der Waals surface area contributed by atoms with Crippen LogP contribution in [0.1, 0.15) is 18.5 Å². The van der Waals surface area contributed by atoms with Crippen LogP contribution in [-0.2, 0) is 11.3 Å². The van der Waals surface area contributed by atoms with E-state index < -0.39 is 0 Å². The number of hydrogen-bond donors (Lipinski definition) is 1. The molecule has 1 atom stereocenters. The molecule has 0 radical (unpaired) electrons. The quantitative estimate of drug-likeness (QED) is 0.750. The highest BCUT2D eigenvalue weighted by Gasteiger charge is 2.14. The van der Waals surface area contributed by atoms with Gasteiger partial charge in [-0.25, -0.2) is 4.68 Å². The number of aromatic nitrogens is 2. The van der Waals surface area contributed by atoms with Gasteiger partial charge in [0.15, 0.2) is 0 Å². The van der Waals surface area contributed by atoms with E-state index in [4.69, 9.17) is 0 Å². The van der Waals surface area contributed by atoms with Crippen molar-refractivity contribution >= 4 is 32.6 Å². The van der Waals surface area contributed by atoms with E-state index in [9.17, 15) is 9.59 Å².